The number of methoxy groups -OCH3 is 1. The smallest absolute Gasteiger partial charge is 0.328 e. The zero-order valence-corrected chi connectivity index (χ0v) is 15.2. The van der Waals surface area contributed by atoms with E-state index in [2.05, 4.69) is 9.88 Å². The van der Waals surface area contributed by atoms with E-state index < -0.39 is 0 Å². The van der Waals surface area contributed by atoms with Crippen LogP contribution in [0, 0.1) is 0 Å². The summed E-state index contributed by atoms with van der Waals surface area (Å²) in [6.07, 6.45) is 6.34. The third kappa shape index (κ3) is 2.90. The highest BCUT2D eigenvalue weighted by Gasteiger charge is 2.32. The van der Waals surface area contributed by atoms with Gasteiger partial charge in [0.05, 0.1) is 24.5 Å². The molecule has 0 spiro atoms. The first-order chi connectivity index (χ1) is 12.7. The molecule has 1 aromatic carbocycles. The minimum atomic E-state index is -0.307. The molecule has 26 heavy (non-hydrogen) atoms. The van der Waals surface area contributed by atoms with E-state index in [0.717, 1.165) is 48.2 Å². The molecule has 134 valence electrons. The summed E-state index contributed by atoms with van der Waals surface area (Å²) < 4.78 is 6.86. The first-order valence-corrected chi connectivity index (χ1v) is 9.00. The molecule has 0 N–H and O–H groups in total. The van der Waals surface area contributed by atoms with E-state index in [0.29, 0.717) is 5.02 Å². The molecule has 4 rings (SSSR count). The maximum absolute atomic E-state index is 12.3. The van der Waals surface area contributed by atoms with Crippen LogP contribution in [0.1, 0.15) is 19.3 Å². The number of carbonyl (C=O) groups is 1. The summed E-state index contributed by atoms with van der Waals surface area (Å²) in [4.78, 5) is 18.6. The number of aromatic nitrogens is 3. The molecule has 3 aromatic rings. The van der Waals surface area contributed by atoms with Crippen LogP contribution in [0.3, 0.4) is 0 Å². The fourth-order valence-corrected chi connectivity index (χ4v) is 3.63. The number of ether oxygens (including phenoxy) is 1. The number of hydrogen-bond donors (Lipinski definition) is 0. The molecule has 0 bridgehead atoms. The van der Waals surface area contributed by atoms with Gasteiger partial charge >= 0.3 is 5.97 Å². The molecular formula is C19H19ClN4O2. The number of anilines is 1. The van der Waals surface area contributed by atoms with E-state index in [1.165, 1.54) is 7.11 Å². The van der Waals surface area contributed by atoms with Crippen molar-refractivity contribution in [2.75, 3.05) is 18.6 Å². The maximum atomic E-state index is 12.3. The molecule has 0 aliphatic carbocycles. The number of carbonyl (C=O) groups excluding carboxylic acids is 1. The summed E-state index contributed by atoms with van der Waals surface area (Å²) in [6, 6.07) is 9.13. The van der Waals surface area contributed by atoms with Crippen molar-refractivity contribution in [3.8, 4) is 5.69 Å². The third-order valence-electron chi connectivity index (χ3n) is 4.78. The molecule has 7 heteroatoms. The lowest BCUT2D eigenvalue weighted by Gasteiger charge is -2.34. The number of esters is 1. The predicted octanol–water partition coefficient (Wildman–Crippen LogP) is 3.61. The highest BCUT2D eigenvalue weighted by Crippen LogP contribution is 2.32. The number of piperidine rings is 1. The second-order valence-electron chi connectivity index (χ2n) is 6.33. The SMILES string of the molecule is COC(=O)C1CCCCN1c1nn(-c2ccc(Cl)cc2)c2cnccc12. The maximum Gasteiger partial charge on any atom is 0.328 e. The van der Waals surface area contributed by atoms with Crippen molar-refractivity contribution in [1.82, 2.24) is 14.8 Å². The molecular weight excluding hydrogens is 352 g/mol. The number of benzene rings is 1. The van der Waals surface area contributed by atoms with E-state index in [1.807, 2.05) is 35.0 Å². The van der Waals surface area contributed by atoms with Crippen LogP contribution in [-0.4, -0.2) is 40.4 Å². The Bertz CT molecular complexity index is 938. The summed E-state index contributed by atoms with van der Waals surface area (Å²) in [7, 11) is 1.43. The van der Waals surface area contributed by atoms with Crippen LogP contribution in [0.15, 0.2) is 42.7 Å². The molecule has 3 heterocycles. The number of fused-ring (bicyclic) bond motifs is 1. The Labute approximate surface area is 156 Å². The lowest BCUT2D eigenvalue weighted by atomic mass is 10.0. The van der Waals surface area contributed by atoms with E-state index in [1.54, 1.807) is 12.4 Å². The van der Waals surface area contributed by atoms with Crippen molar-refractivity contribution >= 4 is 34.3 Å². The minimum absolute atomic E-state index is 0.215. The van der Waals surface area contributed by atoms with Crippen molar-refractivity contribution in [2.24, 2.45) is 0 Å². The van der Waals surface area contributed by atoms with E-state index in [4.69, 9.17) is 21.4 Å². The van der Waals surface area contributed by atoms with Crippen molar-refractivity contribution in [3.63, 3.8) is 0 Å². The van der Waals surface area contributed by atoms with Gasteiger partial charge in [-0.1, -0.05) is 11.6 Å². The molecule has 1 atom stereocenters. The Morgan fingerprint density at radius 1 is 1.23 bits per heavy atom. The quantitative estimate of drug-likeness (QED) is 0.659. The van der Waals surface area contributed by atoms with Crippen molar-refractivity contribution in [3.05, 3.63) is 47.7 Å². The van der Waals surface area contributed by atoms with Crippen LogP contribution in [0.25, 0.3) is 16.6 Å². The summed E-state index contributed by atoms with van der Waals surface area (Å²) in [5.41, 5.74) is 1.78. The molecule has 1 saturated heterocycles. The van der Waals surface area contributed by atoms with Crippen LogP contribution in [-0.2, 0) is 9.53 Å². The van der Waals surface area contributed by atoms with Gasteiger partial charge in [-0.2, -0.15) is 0 Å². The fraction of sp³-hybridized carbons (Fsp3) is 0.316. The van der Waals surface area contributed by atoms with Gasteiger partial charge in [-0.15, -0.1) is 5.10 Å². The molecule has 2 aromatic heterocycles. The van der Waals surface area contributed by atoms with Gasteiger partial charge in [0.25, 0.3) is 0 Å². The van der Waals surface area contributed by atoms with Crippen LogP contribution in [0.5, 0.6) is 0 Å². The van der Waals surface area contributed by atoms with Crippen molar-refractivity contribution in [2.45, 2.75) is 25.3 Å². The molecule has 6 nitrogen and oxygen atoms in total. The first-order valence-electron chi connectivity index (χ1n) is 8.62. The predicted molar refractivity (Wildman–Crippen MR) is 101 cm³/mol. The number of pyridine rings is 1. The van der Waals surface area contributed by atoms with E-state index in [-0.39, 0.29) is 12.0 Å². The number of hydrogen-bond acceptors (Lipinski definition) is 5. The molecule has 1 unspecified atom stereocenters. The average molecular weight is 371 g/mol. The zero-order chi connectivity index (χ0) is 18.1. The highest BCUT2D eigenvalue weighted by molar-refractivity contribution is 6.30. The van der Waals surface area contributed by atoms with Gasteiger partial charge < -0.3 is 9.64 Å². The largest absolute Gasteiger partial charge is 0.467 e. The molecule has 1 aliphatic rings. The van der Waals surface area contributed by atoms with E-state index in [9.17, 15) is 4.79 Å². The molecule has 0 saturated carbocycles. The van der Waals surface area contributed by atoms with Crippen molar-refractivity contribution < 1.29 is 9.53 Å². The highest BCUT2D eigenvalue weighted by atomic mass is 35.5. The van der Waals surface area contributed by atoms with Gasteiger partial charge in [0.1, 0.15) is 6.04 Å². The Hall–Kier alpha value is -2.60. The number of halogens is 1. The van der Waals surface area contributed by atoms with Crippen molar-refractivity contribution in [1.29, 1.82) is 0 Å². The summed E-state index contributed by atoms with van der Waals surface area (Å²) in [5, 5.41) is 6.47. The van der Waals surface area contributed by atoms with Gasteiger partial charge in [0.2, 0.25) is 0 Å². The standard InChI is InChI=1S/C19H19ClN4O2/c1-26-19(25)16-4-2-3-11-23(16)18-15-9-10-21-12-17(15)24(22-18)14-7-5-13(20)6-8-14/h5-10,12,16H,2-4,11H2,1H3. The number of rotatable bonds is 3. The second-order valence-corrected chi connectivity index (χ2v) is 6.77. The van der Waals surface area contributed by atoms with Gasteiger partial charge in [-0.3, -0.25) is 4.98 Å². The van der Waals surface area contributed by atoms with Crippen LogP contribution in [0.2, 0.25) is 5.02 Å². The third-order valence-corrected chi connectivity index (χ3v) is 5.04. The second kappa shape index (κ2) is 6.96. The Kier molecular flexibility index (Phi) is 4.51. The summed E-state index contributed by atoms with van der Waals surface area (Å²) in [5.74, 6) is 0.570. The number of nitrogens with zero attached hydrogens (tertiary/aromatic N) is 4. The molecule has 0 amide bonds. The van der Waals surface area contributed by atoms with E-state index >= 15 is 0 Å². The normalized spacial score (nSPS) is 17.5. The minimum Gasteiger partial charge on any atom is -0.467 e. The van der Waals surface area contributed by atoms with Crippen LogP contribution in [0.4, 0.5) is 5.82 Å². The van der Waals surface area contributed by atoms with Gasteiger partial charge in [-0.05, 0) is 49.6 Å². The molecule has 0 radical (unpaired) electrons. The summed E-state index contributed by atoms with van der Waals surface area (Å²) >= 11 is 6.01. The lowest BCUT2D eigenvalue weighted by Crippen LogP contribution is -2.45. The zero-order valence-electron chi connectivity index (χ0n) is 14.4. The van der Waals surface area contributed by atoms with Crippen LogP contribution < -0.4 is 4.90 Å². The summed E-state index contributed by atoms with van der Waals surface area (Å²) in [6.45, 7) is 0.773. The van der Waals surface area contributed by atoms with Gasteiger partial charge in [0.15, 0.2) is 5.82 Å². The Morgan fingerprint density at radius 2 is 2.04 bits per heavy atom. The molecule has 1 aliphatic heterocycles. The lowest BCUT2D eigenvalue weighted by molar-refractivity contribution is -0.142. The van der Waals surface area contributed by atoms with Gasteiger partial charge in [-0.25, -0.2) is 9.48 Å². The van der Waals surface area contributed by atoms with Gasteiger partial charge in [0, 0.05) is 23.2 Å². The monoisotopic (exact) mass is 370 g/mol. The average Bonchev–Trinajstić information content (AvgIpc) is 3.07. The fourth-order valence-electron chi connectivity index (χ4n) is 3.50. The van der Waals surface area contributed by atoms with Crippen LogP contribution >= 0.6 is 11.6 Å². The Morgan fingerprint density at radius 3 is 2.81 bits per heavy atom. The topological polar surface area (TPSA) is 60.2 Å². The first kappa shape index (κ1) is 16.8. The Balaban J connectivity index is 1.85. The molecule has 1 fully saturated rings.